The van der Waals surface area contributed by atoms with Gasteiger partial charge in [-0.25, -0.2) is 8.93 Å². The van der Waals surface area contributed by atoms with Crippen LogP contribution < -0.4 is 4.72 Å². The molecule has 1 aliphatic rings. The van der Waals surface area contributed by atoms with Crippen molar-refractivity contribution in [1.29, 1.82) is 0 Å². The Balaban J connectivity index is 2.33. The fourth-order valence-electron chi connectivity index (χ4n) is 0.748. The molecule has 0 aromatic carbocycles. The van der Waals surface area contributed by atoms with Crippen molar-refractivity contribution in [1.82, 2.24) is 4.72 Å². The molecule has 1 aliphatic carbocycles. The van der Waals surface area contributed by atoms with E-state index in [-0.39, 0.29) is 12.1 Å². The Kier molecular flexibility index (Phi) is 1.88. The highest BCUT2D eigenvalue weighted by molar-refractivity contribution is 7.82. The lowest BCUT2D eigenvalue weighted by Crippen LogP contribution is -2.35. The second-order valence-electron chi connectivity index (χ2n) is 2.49. The van der Waals surface area contributed by atoms with E-state index in [1.165, 1.54) is 0 Å². The largest absolute Gasteiger partial charge is 0.394 e. The van der Waals surface area contributed by atoms with E-state index in [1.807, 2.05) is 0 Å². The molecule has 1 rings (SSSR count). The lowest BCUT2D eigenvalue weighted by molar-refractivity contribution is 0.248. The zero-order valence-corrected chi connectivity index (χ0v) is 6.20. The molecule has 0 spiro atoms. The van der Waals surface area contributed by atoms with Crippen molar-refractivity contribution in [3.05, 3.63) is 0 Å². The van der Waals surface area contributed by atoms with Crippen molar-refractivity contribution >= 4 is 11.0 Å². The third-order valence-corrected chi connectivity index (χ3v) is 2.24. The number of aliphatic hydroxyl groups is 1. The van der Waals surface area contributed by atoms with Crippen molar-refractivity contribution in [2.45, 2.75) is 18.4 Å². The normalized spacial score (nSPS) is 25.6. The summed E-state index contributed by atoms with van der Waals surface area (Å²) in [6, 6.07) is 0. The van der Waals surface area contributed by atoms with Crippen LogP contribution in [-0.4, -0.2) is 27.7 Å². The van der Waals surface area contributed by atoms with Gasteiger partial charge in [0.25, 0.3) is 0 Å². The van der Waals surface area contributed by atoms with E-state index in [0.29, 0.717) is 0 Å². The molecule has 0 amide bonds. The van der Waals surface area contributed by atoms with Crippen LogP contribution in [0.2, 0.25) is 0 Å². The molecule has 1 unspecified atom stereocenters. The molecule has 1 atom stereocenters. The minimum absolute atomic E-state index is 0.104. The quantitative estimate of drug-likeness (QED) is 0.562. The molecule has 2 N–H and O–H groups in total. The van der Waals surface area contributed by atoms with Crippen molar-refractivity contribution < 1.29 is 9.32 Å². The molecule has 1 fully saturated rings. The van der Waals surface area contributed by atoms with Crippen molar-refractivity contribution in [2.75, 3.05) is 12.9 Å². The molecule has 0 aromatic rings. The topological polar surface area (TPSA) is 49.3 Å². The van der Waals surface area contributed by atoms with Gasteiger partial charge in [-0.1, -0.05) is 0 Å². The molecular formula is C5H11NO2S. The van der Waals surface area contributed by atoms with Crippen LogP contribution in [0.3, 0.4) is 0 Å². The van der Waals surface area contributed by atoms with E-state index in [1.54, 1.807) is 6.26 Å². The molecule has 0 aromatic heterocycles. The van der Waals surface area contributed by atoms with Gasteiger partial charge in [0.05, 0.1) is 23.1 Å². The van der Waals surface area contributed by atoms with Crippen LogP contribution in [0.1, 0.15) is 12.8 Å². The fraction of sp³-hybridized carbons (Fsp3) is 1.00. The predicted molar refractivity (Wildman–Crippen MR) is 36.3 cm³/mol. The summed E-state index contributed by atoms with van der Waals surface area (Å²) in [5, 5.41) is 8.71. The van der Waals surface area contributed by atoms with Gasteiger partial charge in [0, 0.05) is 6.26 Å². The van der Waals surface area contributed by atoms with Gasteiger partial charge in [0.2, 0.25) is 0 Å². The Morgan fingerprint density at radius 3 is 2.44 bits per heavy atom. The maximum Gasteiger partial charge on any atom is 0.0889 e. The Morgan fingerprint density at radius 1 is 1.78 bits per heavy atom. The van der Waals surface area contributed by atoms with Gasteiger partial charge in [-0.2, -0.15) is 0 Å². The van der Waals surface area contributed by atoms with Gasteiger partial charge in [-0.05, 0) is 12.8 Å². The predicted octanol–water partition coefficient (Wildman–Crippen LogP) is -0.606. The molecule has 4 heteroatoms. The number of rotatable bonds is 3. The molecule has 9 heavy (non-hydrogen) atoms. The van der Waals surface area contributed by atoms with E-state index < -0.39 is 11.0 Å². The van der Waals surface area contributed by atoms with Crippen molar-refractivity contribution in [3.8, 4) is 0 Å². The Morgan fingerprint density at radius 2 is 2.33 bits per heavy atom. The van der Waals surface area contributed by atoms with E-state index in [0.717, 1.165) is 12.8 Å². The van der Waals surface area contributed by atoms with Crippen LogP contribution in [0.5, 0.6) is 0 Å². The maximum absolute atomic E-state index is 10.5. The lowest BCUT2D eigenvalue weighted by atomic mass is 10.3. The van der Waals surface area contributed by atoms with Crippen LogP contribution in [-0.2, 0) is 11.0 Å². The molecule has 0 aliphatic heterocycles. The van der Waals surface area contributed by atoms with Gasteiger partial charge < -0.3 is 5.11 Å². The molecule has 0 bridgehead atoms. The first kappa shape index (κ1) is 7.18. The first-order valence-electron chi connectivity index (χ1n) is 2.91. The van der Waals surface area contributed by atoms with Crippen molar-refractivity contribution in [2.24, 2.45) is 0 Å². The van der Waals surface area contributed by atoms with E-state index >= 15 is 0 Å². The number of aliphatic hydroxyl groups excluding tert-OH is 1. The van der Waals surface area contributed by atoms with Gasteiger partial charge in [-0.15, -0.1) is 0 Å². The average molecular weight is 149 g/mol. The maximum atomic E-state index is 10.5. The van der Waals surface area contributed by atoms with E-state index in [2.05, 4.69) is 4.72 Å². The zero-order chi connectivity index (χ0) is 6.91. The van der Waals surface area contributed by atoms with E-state index in [9.17, 15) is 4.21 Å². The van der Waals surface area contributed by atoms with Crippen LogP contribution in [0.15, 0.2) is 0 Å². The number of hydrogen-bond acceptors (Lipinski definition) is 2. The third kappa shape index (κ3) is 1.74. The van der Waals surface area contributed by atoms with Crippen LogP contribution >= 0.6 is 0 Å². The highest BCUT2D eigenvalue weighted by atomic mass is 32.2. The summed E-state index contributed by atoms with van der Waals surface area (Å²) in [5.74, 6) is 0. The third-order valence-electron chi connectivity index (χ3n) is 1.52. The summed E-state index contributed by atoms with van der Waals surface area (Å²) in [4.78, 5) is 0. The van der Waals surface area contributed by atoms with Crippen LogP contribution in [0.4, 0.5) is 0 Å². The molecule has 0 saturated heterocycles. The average Bonchev–Trinajstić information content (AvgIpc) is 2.48. The molecule has 54 valence electrons. The van der Waals surface area contributed by atoms with Crippen LogP contribution in [0, 0.1) is 0 Å². The standard InChI is InChI=1S/C5H11NO2S/c1-9(8)6-5(4-7)2-3-5/h6-7H,2-4H2,1H3. The molecule has 0 radical (unpaired) electrons. The van der Waals surface area contributed by atoms with Gasteiger partial charge in [0.1, 0.15) is 0 Å². The fourth-order valence-corrected chi connectivity index (χ4v) is 1.63. The number of hydrogen-bond donors (Lipinski definition) is 2. The second-order valence-corrected chi connectivity index (χ2v) is 3.61. The van der Waals surface area contributed by atoms with Gasteiger partial charge in [-0.3, -0.25) is 0 Å². The molecule has 1 saturated carbocycles. The SMILES string of the molecule is CS(=O)NC1(CO)CC1. The van der Waals surface area contributed by atoms with E-state index in [4.69, 9.17) is 5.11 Å². The monoisotopic (exact) mass is 149 g/mol. The van der Waals surface area contributed by atoms with Gasteiger partial charge >= 0.3 is 0 Å². The minimum Gasteiger partial charge on any atom is -0.394 e. The van der Waals surface area contributed by atoms with Crippen molar-refractivity contribution in [3.63, 3.8) is 0 Å². The summed E-state index contributed by atoms with van der Waals surface area (Å²) < 4.78 is 13.3. The smallest absolute Gasteiger partial charge is 0.0889 e. The summed E-state index contributed by atoms with van der Waals surface area (Å²) in [7, 11) is -0.982. The Labute approximate surface area is 57.0 Å². The Hall–Kier alpha value is 0.0700. The lowest BCUT2D eigenvalue weighted by Gasteiger charge is -2.09. The molecular weight excluding hydrogens is 138 g/mol. The first-order chi connectivity index (χ1) is 4.18. The molecule has 0 heterocycles. The number of nitrogens with one attached hydrogen (secondary N) is 1. The van der Waals surface area contributed by atoms with Gasteiger partial charge in [0.15, 0.2) is 0 Å². The second kappa shape index (κ2) is 2.36. The highest BCUT2D eigenvalue weighted by Crippen LogP contribution is 2.34. The highest BCUT2D eigenvalue weighted by Gasteiger charge is 2.42. The zero-order valence-electron chi connectivity index (χ0n) is 5.39. The summed E-state index contributed by atoms with van der Waals surface area (Å²) in [6.07, 6.45) is 3.47. The first-order valence-corrected chi connectivity index (χ1v) is 4.46. The summed E-state index contributed by atoms with van der Waals surface area (Å²) >= 11 is 0. The Bertz CT molecular complexity index is 133. The molecule has 3 nitrogen and oxygen atoms in total. The summed E-state index contributed by atoms with van der Waals surface area (Å²) in [6.45, 7) is 0.104. The minimum atomic E-state index is -0.982. The van der Waals surface area contributed by atoms with Crippen LogP contribution in [0.25, 0.3) is 0 Å². The summed E-state index contributed by atoms with van der Waals surface area (Å²) in [5.41, 5.74) is -0.181.